The molecule has 0 bridgehead atoms. The molecule has 1 nitrogen and oxygen atoms in total. The van der Waals surface area contributed by atoms with Crippen LogP contribution < -0.4 is 5.32 Å². The molecule has 1 fully saturated rings. The monoisotopic (exact) mass is 243 g/mol. The van der Waals surface area contributed by atoms with Crippen LogP contribution in [-0.4, -0.2) is 24.1 Å². The molecule has 0 aromatic heterocycles. The van der Waals surface area contributed by atoms with Crippen LogP contribution >= 0.6 is 11.8 Å². The lowest BCUT2D eigenvalue weighted by Crippen LogP contribution is -2.41. The molecular weight excluding hydrogens is 214 g/mol. The maximum atomic E-state index is 3.77. The Balaban J connectivity index is 2.27. The quantitative estimate of drug-likeness (QED) is 0.803. The van der Waals surface area contributed by atoms with E-state index in [1.54, 1.807) is 0 Å². The molecule has 1 aliphatic rings. The Kier molecular flexibility index (Phi) is 5.66. The summed E-state index contributed by atoms with van der Waals surface area (Å²) in [5.41, 5.74) is 0.510. The number of rotatable bonds is 4. The smallest absolute Gasteiger partial charge is 0.0132 e. The van der Waals surface area contributed by atoms with Gasteiger partial charge in [-0.2, -0.15) is 11.8 Å². The van der Waals surface area contributed by atoms with Gasteiger partial charge in [-0.25, -0.2) is 0 Å². The van der Waals surface area contributed by atoms with Crippen LogP contribution in [0.15, 0.2) is 0 Å². The van der Waals surface area contributed by atoms with E-state index in [0.717, 1.165) is 12.0 Å². The van der Waals surface area contributed by atoms with E-state index < -0.39 is 0 Å². The zero-order chi connectivity index (χ0) is 12.2. The third kappa shape index (κ3) is 4.67. The first kappa shape index (κ1) is 14.4. The Labute approximate surface area is 106 Å². The van der Waals surface area contributed by atoms with Crippen LogP contribution in [0.1, 0.15) is 53.4 Å². The van der Waals surface area contributed by atoms with Crippen molar-refractivity contribution in [3.8, 4) is 0 Å². The molecule has 0 amide bonds. The lowest BCUT2D eigenvalue weighted by atomic mass is 9.71. The lowest BCUT2D eigenvalue weighted by molar-refractivity contribution is 0.158. The van der Waals surface area contributed by atoms with Crippen LogP contribution in [0.5, 0.6) is 0 Å². The molecule has 0 aromatic carbocycles. The van der Waals surface area contributed by atoms with Gasteiger partial charge in [0.15, 0.2) is 0 Å². The van der Waals surface area contributed by atoms with E-state index in [-0.39, 0.29) is 0 Å². The molecule has 1 saturated carbocycles. The standard InChI is InChI=1S/C14H29NS/c1-11(10-16-5)15-13-8-6-12(7-9-13)14(2,3)4/h11-13,15H,6-10H2,1-5H3. The van der Waals surface area contributed by atoms with Crippen LogP contribution in [0.25, 0.3) is 0 Å². The molecule has 0 radical (unpaired) electrons. The molecule has 0 heterocycles. The molecule has 0 aliphatic heterocycles. The highest BCUT2D eigenvalue weighted by molar-refractivity contribution is 7.98. The first-order chi connectivity index (χ1) is 7.43. The molecule has 2 heteroatoms. The van der Waals surface area contributed by atoms with E-state index in [2.05, 4.69) is 39.3 Å². The summed E-state index contributed by atoms with van der Waals surface area (Å²) in [6.45, 7) is 9.48. The highest BCUT2D eigenvalue weighted by atomic mass is 32.2. The van der Waals surface area contributed by atoms with Crippen molar-refractivity contribution in [1.82, 2.24) is 5.32 Å². The van der Waals surface area contributed by atoms with E-state index >= 15 is 0 Å². The third-order valence-electron chi connectivity index (χ3n) is 3.89. The van der Waals surface area contributed by atoms with Crippen molar-refractivity contribution in [3.05, 3.63) is 0 Å². The van der Waals surface area contributed by atoms with Gasteiger partial charge in [0.1, 0.15) is 0 Å². The van der Waals surface area contributed by atoms with Crippen LogP contribution in [0.2, 0.25) is 0 Å². The summed E-state index contributed by atoms with van der Waals surface area (Å²) in [5, 5.41) is 3.77. The van der Waals surface area contributed by atoms with Crippen molar-refractivity contribution in [2.24, 2.45) is 11.3 Å². The zero-order valence-corrected chi connectivity index (χ0v) is 12.5. The molecule has 1 rings (SSSR count). The van der Waals surface area contributed by atoms with Crippen molar-refractivity contribution in [3.63, 3.8) is 0 Å². The summed E-state index contributed by atoms with van der Waals surface area (Å²) in [6.07, 6.45) is 7.76. The van der Waals surface area contributed by atoms with Gasteiger partial charge in [0.25, 0.3) is 0 Å². The van der Waals surface area contributed by atoms with E-state index in [1.807, 2.05) is 11.8 Å². The van der Waals surface area contributed by atoms with Gasteiger partial charge in [-0.15, -0.1) is 0 Å². The van der Waals surface area contributed by atoms with Gasteiger partial charge in [0.05, 0.1) is 0 Å². The first-order valence-electron chi connectivity index (χ1n) is 6.68. The fourth-order valence-corrected chi connectivity index (χ4v) is 3.42. The van der Waals surface area contributed by atoms with Crippen LogP contribution in [0.4, 0.5) is 0 Å². The Bertz CT molecular complexity index is 189. The second-order valence-electron chi connectivity index (χ2n) is 6.44. The summed E-state index contributed by atoms with van der Waals surface area (Å²) in [6, 6.07) is 1.45. The van der Waals surface area contributed by atoms with Crippen LogP contribution in [0, 0.1) is 11.3 Å². The van der Waals surface area contributed by atoms with Crippen molar-refractivity contribution >= 4 is 11.8 Å². The minimum Gasteiger partial charge on any atom is -0.311 e. The Morgan fingerprint density at radius 2 is 1.75 bits per heavy atom. The van der Waals surface area contributed by atoms with Crippen molar-refractivity contribution in [2.45, 2.75) is 65.5 Å². The number of nitrogens with one attached hydrogen (secondary N) is 1. The van der Waals surface area contributed by atoms with Gasteiger partial charge in [-0.3, -0.25) is 0 Å². The molecule has 0 aromatic rings. The molecule has 96 valence electrons. The topological polar surface area (TPSA) is 12.0 Å². The number of hydrogen-bond donors (Lipinski definition) is 1. The fourth-order valence-electron chi connectivity index (χ4n) is 2.83. The normalized spacial score (nSPS) is 29.1. The predicted molar refractivity (Wildman–Crippen MR) is 76.2 cm³/mol. The molecule has 1 aliphatic carbocycles. The number of hydrogen-bond acceptors (Lipinski definition) is 2. The Morgan fingerprint density at radius 1 is 1.19 bits per heavy atom. The van der Waals surface area contributed by atoms with Gasteiger partial charge in [0.2, 0.25) is 0 Å². The minimum atomic E-state index is 0.510. The Hall–Kier alpha value is 0.310. The fraction of sp³-hybridized carbons (Fsp3) is 1.00. The van der Waals surface area contributed by atoms with Gasteiger partial charge in [0, 0.05) is 17.8 Å². The first-order valence-corrected chi connectivity index (χ1v) is 8.08. The molecule has 0 spiro atoms. The second-order valence-corrected chi connectivity index (χ2v) is 7.35. The maximum Gasteiger partial charge on any atom is 0.0132 e. The van der Waals surface area contributed by atoms with Gasteiger partial charge < -0.3 is 5.32 Å². The van der Waals surface area contributed by atoms with Crippen molar-refractivity contribution in [2.75, 3.05) is 12.0 Å². The summed E-state index contributed by atoms with van der Waals surface area (Å²) in [4.78, 5) is 0. The third-order valence-corrected chi connectivity index (χ3v) is 4.72. The SMILES string of the molecule is CSCC(C)NC1CCC(C(C)(C)C)CC1. The van der Waals surface area contributed by atoms with E-state index in [1.165, 1.54) is 31.4 Å². The van der Waals surface area contributed by atoms with Crippen molar-refractivity contribution in [1.29, 1.82) is 0 Å². The largest absolute Gasteiger partial charge is 0.311 e. The van der Waals surface area contributed by atoms with Crippen LogP contribution in [-0.2, 0) is 0 Å². The summed E-state index contributed by atoms with van der Waals surface area (Å²) in [7, 11) is 0. The molecular formula is C14H29NS. The summed E-state index contributed by atoms with van der Waals surface area (Å²) in [5.74, 6) is 2.17. The van der Waals surface area contributed by atoms with E-state index in [0.29, 0.717) is 11.5 Å². The molecule has 1 N–H and O–H groups in total. The van der Waals surface area contributed by atoms with Gasteiger partial charge in [-0.1, -0.05) is 20.8 Å². The average Bonchev–Trinajstić information content (AvgIpc) is 2.17. The molecule has 0 saturated heterocycles. The Morgan fingerprint density at radius 3 is 2.19 bits per heavy atom. The minimum absolute atomic E-state index is 0.510. The van der Waals surface area contributed by atoms with Crippen LogP contribution in [0.3, 0.4) is 0 Å². The van der Waals surface area contributed by atoms with Gasteiger partial charge in [-0.05, 0) is 50.2 Å². The molecule has 1 atom stereocenters. The zero-order valence-electron chi connectivity index (χ0n) is 11.7. The maximum absolute atomic E-state index is 3.77. The lowest BCUT2D eigenvalue weighted by Gasteiger charge is -2.38. The van der Waals surface area contributed by atoms with Gasteiger partial charge >= 0.3 is 0 Å². The highest BCUT2D eigenvalue weighted by Crippen LogP contribution is 2.37. The van der Waals surface area contributed by atoms with E-state index in [9.17, 15) is 0 Å². The summed E-state index contributed by atoms with van der Waals surface area (Å²) < 4.78 is 0. The average molecular weight is 243 g/mol. The van der Waals surface area contributed by atoms with E-state index in [4.69, 9.17) is 0 Å². The second kappa shape index (κ2) is 6.30. The highest BCUT2D eigenvalue weighted by Gasteiger charge is 2.29. The molecule has 1 unspecified atom stereocenters. The summed E-state index contributed by atoms with van der Waals surface area (Å²) >= 11 is 1.94. The predicted octanol–water partition coefficient (Wildman–Crippen LogP) is 3.93. The van der Waals surface area contributed by atoms with Crippen molar-refractivity contribution < 1.29 is 0 Å². The number of thioether (sulfide) groups is 1. The molecule has 16 heavy (non-hydrogen) atoms.